The van der Waals surface area contributed by atoms with Crippen molar-refractivity contribution in [3.63, 3.8) is 0 Å². The van der Waals surface area contributed by atoms with E-state index in [1.807, 2.05) is 38.1 Å². The molecule has 2 aromatic rings. The summed E-state index contributed by atoms with van der Waals surface area (Å²) in [6.45, 7) is 3.98. The first-order valence-corrected chi connectivity index (χ1v) is 6.21. The van der Waals surface area contributed by atoms with Gasteiger partial charge in [0.15, 0.2) is 5.22 Å². The Morgan fingerprint density at radius 3 is 2.28 bits per heavy atom. The van der Waals surface area contributed by atoms with Gasteiger partial charge in [-0.05, 0) is 55.3 Å². The molecule has 1 heterocycles. The van der Waals surface area contributed by atoms with Crippen LogP contribution in [0.3, 0.4) is 0 Å². The maximum atomic E-state index is 6.09. The molecule has 1 aromatic carbocycles. The van der Waals surface area contributed by atoms with E-state index in [-0.39, 0.29) is 12.1 Å². The van der Waals surface area contributed by atoms with Crippen molar-refractivity contribution in [1.29, 1.82) is 0 Å². The first-order valence-electron chi connectivity index (χ1n) is 5.83. The monoisotopic (exact) mass is 265 g/mol. The summed E-state index contributed by atoms with van der Waals surface area (Å²) in [5.74, 6) is 1.48. The number of furan rings is 1. The molecule has 0 aliphatic rings. The van der Waals surface area contributed by atoms with Crippen LogP contribution in [0, 0.1) is 0 Å². The van der Waals surface area contributed by atoms with Crippen molar-refractivity contribution in [1.82, 2.24) is 0 Å². The second kappa shape index (κ2) is 5.46. The van der Waals surface area contributed by atoms with E-state index in [0.29, 0.717) is 11.0 Å². The summed E-state index contributed by atoms with van der Waals surface area (Å²) in [7, 11) is 0. The number of hydrogen-bond donors (Lipinski definition) is 1. The minimum Gasteiger partial charge on any atom is -0.491 e. The lowest BCUT2D eigenvalue weighted by Crippen LogP contribution is -2.11. The molecule has 1 aromatic heterocycles. The molecule has 0 radical (unpaired) electrons. The molecule has 0 amide bonds. The standard InChI is InChI=1S/C14H16ClNO2/c1-9(2)17-11-5-3-10(4-6-11)14(16)12-7-8-13(15)18-12/h3-9,14H,16H2,1-2H3. The van der Waals surface area contributed by atoms with Gasteiger partial charge in [-0.25, -0.2) is 0 Å². The highest BCUT2D eigenvalue weighted by Crippen LogP contribution is 2.25. The Balaban J connectivity index is 2.14. The quantitative estimate of drug-likeness (QED) is 0.915. The minimum atomic E-state index is -0.314. The van der Waals surface area contributed by atoms with Crippen LogP contribution in [-0.4, -0.2) is 6.10 Å². The van der Waals surface area contributed by atoms with Gasteiger partial charge in [-0.3, -0.25) is 0 Å². The number of nitrogens with two attached hydrogens (primary N) is 1. The average molecular weight is 266 g/mol. The molecule has 0 fully saturated rings. The SMILES string of the molecule is CC(C)Oc1ccc(C(N)c2ccc(Cl)o2)cc1. The van der Waals surface area contributed by atoms with Crippen LogP contribution in [0.5, 0.6) is 5.75 Å². The minimum absolute atomic E-state index is 0.161. The molecular weight excluding hydrogens is 250 g/mol. The third kappa shape index (κ3) is 3.06. The van der Waals surface area contributed by atoms with Crippen molar-refractivity contribution in [2.75, 3.05) is 0 Å². The van der Waals surface area contributed by atoms with Crippen LogP contribution in [0.15, 0.2) is 40.8 Å². The molecular formula is C14H16ClNO2. The largest absolute Gasteiger partial charge is 0.491 e. The second-order valence-electron chi connectivity index (χ2n) is 4.36. The highest BCUT2D eigenvalue weighted by molar-refractivity contribution is 6.28. The molecule has 0 spiro atoms. The molecule has 96 valence electrons. The van der Waals surface area contributed by atoms with Crippen molar-refractivity contribution >= 4 is 11.6 Å². The highest BCUT2D eigenvalue weighted by atomic mass is 35.5. The Kier molecular flexibility index (Phi) is 3.94. The van der Waals surface area contributed by atoms with Gasteiger partial charge in [-0.2, -0.15) is 0 Å². The molecule has 1 unspecified atom stereocenters. The molecule has 1 atom stereocenters. The van der Waals surface area contributed by atoms with Crippen LogP contribution >= 0.6 is 11.6 Å². The van der Waals surface area contributed by atoms with E-state index in [1.165, 1.54) is 0 Å². The molecule has 2 N–H and O–H groups in total. The lowest BCUT2D eigenvalue weighted by atomic mass is 10.1. The van der Waals surface area contributed by atoms with Crippen LogP contribution < -0.4 is 10.5 Å². The zero-order valence-electron chi connectivity index (χ0n) is 10.4. The summed E-state index contributed by atoms with van der Waals surface area (Å²) < 4.78 is 10.9. The fourth-order valence-electron chi connectivity index (χ4n) is 1.69. The van der Waals surface area contributed by atoms with E-state index in [4.69, 9.17) is 26.5 Å². The Morgan fingerprint density at radius 2 is 1.78 bits per heavy atom. The number of benzene rings is 1. The first kappa shape index (κ1) is 13.0. The summed E-state index contributed by atoms with van der Waals surface area (Å²) in [5, 5.41) is 0.347. The van der Waals surface area contributed by atoms with Crippen LogP contribution in [0.1, 0.15) is 31.2 Å². The fraction of sp³-hybridized carbons (Fsp3) is 0.286. The predicted octanol–water partition coefficient (Wildman–Crippen LogP) is 3.77. The van der Waals surface area contributed by atoms with E-state index in [1.54, 1.807) is 12.1 Å². The van der Waals surface area contributed by atoms with Gasteiger partial charge in [0.1, 0.15) is 11.5 Å². The Labute approximate surface area is 111 Å². The molecule has 0 saturated heterocycles. The zero-order valence-corrected chi connectivity index (χ0v) is 11.1. The Morgan fingerprint density at radius 1 is 1.11 bits per heavy atom. The normalized spacial score (nSPS) is 12.7. The van der Waals surface area contributed by atoms with Crippen LogP contribution in [0.2, 0.25) is 5.22 Å². The summed E-state index contributed by atoms with van der Waals surface area (Å²) >= 11 is 5.73. The number of rotatable bonds is 4. The Hall–Kier alpha value is -1.45. The van der Waals surface area contributed by atoms with Crippen molar-refractivity contribution in [3.8, 4) is 5.75 Å². The molecule has 4 heteroatoms. The smallest absolute Gasteiger partial charge is 0.193 e. The summed E-state index contributed by atoms with van der Waals surface area (Å²) in [6, 6.07) is 10.8. The second-order valence-corrected chi connectivity index (χ2v) is 4.73. The van der Waals surface area contributed by atoms with Gasteiger partial charge < -0.3 is 14.9 Å². The third-order valence-corrected chi connectivity index (χ3v) is 2.71. The van der Waals surface area contributed by atoms with Gasteiger partial charge >= 0.3 is 0 Å². The topological polar surface area (TPSA) is 48.4 Å². The molecule has 0 bridgehead atoms. The lowest BCUT2D eigenvalue weighted by Gasteiger charge is -2.12. The van der Waals surface area contributed by atoms with Gasteiger partial charge in [-0.1, -0.05) is 12.1 Å². The molecule has 0 aliphatic carbocycles. The van der Waals surface area contributed by atoms with Crippen molar-refractivity contribution in [3.05, 3.63) is 52.9 Å². The van der Waals surface area contributed by atoms with E-state index in [2.05, 4.69) is 0 Å². The van der Waals surface area contributed by atoms with Gasteiger partial charge in [0.25, 0.3) is 0 Å². The fourth-order valence-corrected chi connectivity index (χ4v) is 1.84. The third-order valence-electron chi connectivity index (χ3n) is 2.51. The molecule has 3 nitrogen and oxygen atoms in total. The molecule has 0 aliphatic heterocycles. The van der Waals surface area contributed by atoms with E-state index in [9.17, 15) is 0 Å². The molecule has 0 saturated carbocycles. The van der Waals surface area contributed by atoms with Crippen LogP contribution in [-0.2, 0) is 0 Å². The van der Waals surface area contributed by atoms with E-state index >= 15 is 0 Å². The zero-order chi connectivity index (χ0) is 13.1. The maximum absolute atomic E-state index is 6.09. The van der Waals surface area contributed by atoms with Gasteiger partial charge in [-0.15, -0.1) is 0 Å². The van der Waals surface area contributed by atoms with Gasteiger partial charge in [0.05, 0.1) is 12.1 Å². The first-order chi connectivity index (χ1) is 8.56. The van der Waals surface area contributed by atoms with Crippen molar-refractivity contribution < 1.29 is 9.15 Å². The molecule has 18 heavy (non-hydrogen) atoms. The average Bonchev–Trinajstić information content (AvgIpc) is 2.75. The van der Waals surface area contributed by atoms with Gasteiger partial charge in [0.2, 0.25) is 0 Å². The number of hydrogen-bond acceptors (Lipinski definition) is 3. The van der Waals surface area contributed by atoms with E-state index in [0.717, 1.165) is 11.3 Å². The number of halogens is 1. The van der Waals surface area contributed by atoms with Crippen LogP contribution in [0.25, 0.3) is 0 Å². The number of ether oxygens (including phenoxy) is 1. The maximum Gasteiger partial charge on any atom is 0.193 e. The van der Waals surface area contributed by atoms with Crippen molar-refractivity contribution in [2.24, 2.45) is 5.73 Å². The summed E-state index contributed by atoms with van der Waals surface area (Å²) in [4.78, 5) is 0. The molecule has 2 rings (SSSR count). The highest BCUT2D eigenvalue weighted by Gasteiger charge is 2.13. The van der Waals surface area contributed by atoms with E-state index < -0.39 is 0 Å². The lowest BCUT2D eigenvalue weighted by molar-refractivity contribution is 0.242. The Bertz CT molecular complexity index is 505. The predicted molar refractivity (Wildman–Crippen MR) is 72.0 cm³/mol. The van der Waals surface area contributed by atoms with Crippen molar-refractivity contribution in [2.45, 2.75) is 26.0 Å². The summed E-state index contributed by atoms with van der Waals surface area (Å²) in [6.07, 6.45) is 0.161. The van der Waals surface area contributed by atoms with Crippen LogP contribution in [0.4, 0.5) is 0 Å². The summed E-state index contributed by atoms with van der Waals surface area (Å²) in [5.41, 5.74) is 7.04. The van der Waals surface area contributed by atoms with Gasteiger partial charge in [0, 0.05) is 0 Å².